The molecule has 1 aromatic carbocycles. The van der Waals surface area contributed by atoms with Crippen LogP contribution in [0.5, 0.6) is 0 Å². The second kappa shape index (κ2) is 4.04. The predicted octanol–water partition coefficient (Wildman–Crippen LogP) is 1.78. The molecule has 1 heterocycles. The van der Waals surface area contributed by atoms with Crippen LogP contribution in [0.3, 0.4) is 0 Å². The van der Waals surface area contributed by atoms with Crippen LogP contribution in [0, 0.1) is 18.7 Å². The number of hydrogen-bond acceptors (Lipinski definition) is 4. The molecule has 1 aliphatic rings. The topological polar surface area (TPSA) is 69.6 Å². The molecule has 0 saturated heterocycles. The van der Waals surface area contributed by atoms with Crippen LogP contribution >= 0.6 is 0 Å². The van der Waals surface area contributed by atoms with Crippen molar-refractivity contribution in [1.82, 2.24) is 20.2 Å². The first kappa shape index (κ1) is 11.1. The molecule has 0 aliphatic heterocycles. The van der Waals surface area contributed by atoms with Gasteiger partial charge in [-0.05, 0) is 48.2 Å². The first-order valence-electron chi connectivity index (χ1n) is 5.97. The summed E-state index contributed by atoms with van der Waals surface area (Å²) in [6, 6.07) is 3.15. The van der Waals surface area contributed by atoms with Crippen LogP contribution in [-0.2, 0) is 6.54 Å². The van der Waals surface area contributed by atoms with E-state index in [4.69, 9.17) is 5.73 Å². The molecule has 5 nitrogen and oxygen atoms in total. The molecule has 6 heteroatoms. The third-order valence-electron chi connectivity index (χ3n) is 3.30. The maximum Gasteiger partial charge on any atom is 0.182 e. The van der Waals surface area contributed by atoms with Crippen molar-refractivity contribution in [1.29, 1.82) is 0 Å². The Bertz CT molecular complexity index is 565. The van der Waals surface area contributed by atoms with E-state index in [0.29, 0.717) is 28.6 Å². The maximum absolute atomic E-state index is 13.7. The van der Waals surface area contributed by atoms with E-state index in [2.05, 4.69) is 15.5 Å². The number of tetrazole rings is 1. The number of nitrogens with two attached hydrogens (primary N) is 1. The Morgan fingerprint density at radius 1 is 1.44 bits per heavy atom. The van der Waals surface area contributed by atoms with Gasteiger partial charge in [0.25, 0.3) is 0 Å². The van der Waals surface area contributed by atoms with Gasteiger partial charge in [0.1, 0.15) is 5.82 Å². The summed E-state index contributed by atoms with van der Waals surface area (Å²) in [5.74, 6) is 0.901. The van der Waals surface area contributed by atoms with Gasteiger partial charge in [-0.25, -0.2) is 9.07 Å². The van der Waals surface area contributed by atoms with Gasteiger partial charge < -0.3 is 5.73 Å². The van der Waals surface area contributed by atoms with Crippen molar-refractivity contribution >= 4 is 5.69 Å². The van der Waals surface area contributed by atoms with E-state index in [1.807, 2.05) is 0 Å². The van der Waals surface area contributed by atoms with E-state index in [1.165, 1.54) is 18.9 Å². The Hall–Kier alpha value is -1.98. The van der Waals surface area contributed by atoms with Crippen molar-refractivity contribution in [2.24, 2.45) is 5.92 Å². The molecule has 0 amide bonds. The number of anilines is 1. The Morgan fingerprint density at radius 2 is 2.22 bits per heavy atom. The van der Waals surface area contributed by atoms with Crippen LogP contribution in [0.25, 0.3) is 11.4 Å². The summed E-state index contributed by atoms with van der Waals surface area (Å²) in [7, 11) is 0. The Morgan fingerprint density at radius 3 is 2.89 bits per heavy atom. The fourth-order valence-corrected chi connectivity index (χ4v) is 1.91. The van der Waals surface area contributed by atoms with E-state index >= 15 is 0 Å². The van der Waals surface area contributed by atoms with Crippen LogP contribution in [0.1, 0.15) is 18.4 Å². The van der Waals surface area contributed by atoms with Crippen molar-refractivity contribution in [3.63, 3.8) is 0 Å². The molecule has 1 saturated carbocycles. The van der Waals surface area contributed by atoms with E-state index in [1.54, 1.807) is 17.7 Å². The highest BCUT2D eigenvalue weighted by molar-refractivity contribution is 5.63. The van der Waals surface area contributed by atoms with Gasteiger partial charge in [0, 0.05) is 23.4 Å². The Kier molecular flexibility index (Phi) is 2.50. The number of hydrogen-bond donors (Lipinski definition) is 1. The molecule has 1 fully saturated rings. The standard InChI is InChI=1S/C12H14FN5/c1-7-10(13)4-9(5-11(7)14)12-15-16-17-18(12)6-8-2-3-8/h4-5,8H,2-3,6,14H2,1H3. The van der Waals surface area contributed by atoms with E-state index in [-0.39, 0.29) is 5.82 Å². The molecular weight excluding hydrogens is 233 g/mol. The average Bonchev–Trinajstić information content (AvgIpc) is 3.02. The lowest BCUT2D eigenvalue weighted by molar-refractivity contribution is 0.548. The van der Waals surface area contributed by atoms with Gasteiger partial charge in [-0.1, -0.05) is 0 Å². The highest BCUT2D eigenvalue weighted by Gasteiger charge is 2.24. The molecule has 1 aliphatic carbocycles. The minimum absolute atomic E-state index is 0.328. The molecule has 3 rings (SSSR count). The van der Waals surface area contributed by atoms with Crippen LogP contribution in [0.4, 0.5) is 10.1 Å². The molecule has 0 atom stereocenters. The monoisotopic (exact) mass is 247 g/mol. The van der Waals surface area contributed by atoms with Crippen molar-refractivity contribution in [2.75, 3.05) is 5.73 Å². The van der Waals surface area contributed by atoms with Gasteiger partial charge in [-0.15, -0.1) is 5.10 Å². The number of rotatable bonds is 3. The second-order valence-corrected chi connectivity index (χ2v) is 4.80. The number of halogens is 1. The van der Waals surface area contributed by atoms with Gasteiger partial charge in [0.15, 0.2) is 5.82 Å². The molecular formula is C12H14FN5. The second-order valence-electron chi connectivity index (χ2n) is 4.80. The predicted molar refractivity (Wildman–Crippen MR) is 65.1 cm³/mol. The first-order valence-corrected chi connectivity index (χ1v) is 5.97. The van der Waals surface area contributed by atoms with Gasteiger partial charge >= 0.3 is 0 Å². The van der Waals surface area contributed by atoms with Gasteiger partial charge in [0.2, 0.25) is 0 Å². The minimum atomic E-state index is -0.328. The zero-order chi connectivity index (χ0) is 12.7. The van der Waals surface area contributed by atoms with E-state index < -0.39 is 0 Å². The third kappa shape index (κ3) is 1.94. The van der Waals surface area contributed by atoms with Gasteiger partial charge in [-0.3, -0.25) is 0 Å². The van der Waals surface area contributed by atoms with Crippen molar-refractivity contribution in [3.05, 3.63) is 23.5 Å². The molecule has 2 N–H and O–H groups in total. The van der Waals surface area contributed by atoms with E-state index in [0.717, 1.165) is 6.54 Å². The minimum Gasteiger partial charge on any atom is -0.398 e. The highest BCUT2D eigenvalue weighted by atomic mass is 19.1. The summed E-state index contributed by atoms with van der Waals surface area (Å²) in [5.41, 5.74) is 7.28. The van der Waals surface area contributed by atoms with Crippen LogP contribution in [-0.4, -0.2) is 20.2 Å². The number of nitrogens with zero attached hydrogens (tertiary/aromatic N) is 4. The summed E-state index contributed by atoms with van der Waals surface area (Å²) in [5, 5.41) is 11.6. The summed E-state index contributed by atoms with van der Waals surface area (Å²) < 4.78 is 15.4. The summed E-state index contributed by atoms with van der Waals surface area (Å²) in [6.45, 7) is 2.44. The zero-order valence-corrected chi connectivity index (χ0v) is 10.1. The molecule has 0 unspecified atom stereocenters. The third-order valence-corrected chi connectivity index (χ3v) is 3.30. The summed E-state index contributed by atoms with van der Waals surface area (Å²) in [4.78, 5) is 0. The Balaban J connectivity index is 2.01. The number of nitrogen functional groups attached to an aromatic ring is 1. The summed E-state index contributed by atoms with van der Waals surface area (Å²) >= 11 is 0. The number of benzene rings is 1. The molecule has 0 radical (unpaired) electrons. The SMILES string of the molecule is Cc1c(N)cc(-c2nnnn2CC2CC2)cc1F. The molecule has 0 spiro atoms. The molecule has 1 aromatic heterocycles. The first-order chi connectivity index (χ1) is 8.65. The lowest BCUT2D eigenvalue weighted by Gasteiger charge is -2.07. The van der Waals surface area contributed by atoms with E-state index in [9.17, 15) is 4.39 Å². The number of aromatic nitrogens is 4. The average molecular weight is 247 g/mol. The smallest absolute Gasteiger partial charge is 0.182 e. The summed E-state index contributed by atoms with van der Waals surface area (Å²) in [6.07, 6.45) is 2.42. The van der Waals surface area contributed by atoms with Crippen molar-refractivity contribution in [3.8, 4) is 11.4 Å². The maximum atomic E-state index is 13.7. The lowest BCUT2D eigenvalue weighted by atomic mass is 10.1. The molecule has 2 aromatic rings. The largest absolute Gasteiger partial charge is 0.398 e. The van der Waals surface area contributed by atoms with Gasteiger partial charge in [-0.2, -0.15) is 0 Å². The molecule has 0 bridgehead atoms. The lowest BCUT2D eigenvalue weighted by Crippen LogP contribution is -2.05. The van der Waals surface area contributed by atoms with Gasteiger partial charge in [0.05, 0.1) is 0 Å². The van der Waals surface area contributed by atoms with Crippen LogP contribution in [0.15, 0.2) is 12.1 Å². The highest BCUT2D eigenvalue weighted by Crippen LogP contribution is 2.32. The van der Waals surface area contributed by atoms with Crippen LogP contribution < -0.4 is 5.73 Å². The van der Waals surface area contributed by atoms with Crippen molar-refractivity contribution < 1.29 is 4.39 Å². The van der Waals surface area contributed by atoms with Crippen molar-refractivity contribution in [2.45, 2.75) is 26.3 Å². The fraction of sp³-hybridized carbons (Fsp3) is 0.417. The molecule has 94 valence electrons. The normalized spacial score (nSPS) is 15.0. The fourth-order valence-electron chi connectivity index (χ4n) is 1.91. The quantitative estimate of drug-likeness (QED) is 0.839. The Labute approximate surface area is 104 Å². The van der Waals surface area contributed by atoms with Crippen LogP contribution in [0.2, 0.25) is 0 Å². The zero-order valence-electron chi connectivity index (χ0n) is 10.1. The molecule has 18 heavy (non-hydrogen) atoms.